The summed E-state index contributed by atoms with van der Waals surface area (Å²) in [6, 6.07) is 1.96. The van der Waals surface area contributed by atoms with Crippen molar-refractivity contribution < 1.29 is 9.59 Å². The van der Waals surface area contributed by atoms with Gasteiger partial charge in [0, 0.05) is 16.8 Å². The molecule has 0 aliphatic heterocycles. The topological polar surface area (TPSA) is 116 Å². The van der Waals surface area contributed by atoms with Gasteiger partial charge in [-0.1, -0.05) is 0 Å². The molecule has 8 nitrogen and oxygen atoms in total. The second kappa shape index (κ2) is 6.60. The Morgan fingerprint density at radius 1 is 1.36 bits per heavy atom. The molecule has 0 saturated heterocycles. The number of nitrogens with one attached hydrogen (secondary N) is 1. The molecule has 25 heavy (non-hydrogen) atoms. The second-order valence-electron chi connectivity index (χ2n) is 5.96. The Morgan fingerprint density at radius 2 is 2.12 bits per heavy atom. The number of hydrogen-bond acceptors (Lipinski definition) is 6. The number of anilines is 1. The maximum atomic E-state index is 12.5. The monoisotopic (exact) mass is 358 g/mol. The standard InChI is InChI=1S/C16H18N6O2S/c1-8(2)22-14-10(6-18-22)4-12(9(3)19-14)15(24)21-16-20-11(7-25-16)5-13(17)23/h4,6-8H,5H2,1-3H3,(H2,17,23)(H,20,21,24). The van der Waals surface area contributed by atoms with Crippen LogP contribution in [0.3, 0.4) is 0 Å². The molecule has 0 radical (unpaired) electrons. The van der Waals surface area contributed by atoms with Crippen LogP contribution in [0.1, 0.15) is 41.6 Å². The van der Waals surface area contributed by atoms with E-state index in [1.807, 2.05) is 18.5 Å². The van der Waals surface area contributed by atoms with Crippen molar-refractivity contribution in [3.05, 3.63) is 34.6 Å². The minimum absolute atomic E-state index is 0.0489. The highest BCUT2D eigenvalue weighted by Gasteiger charge is 2.16. The van der Waals surface area contributed by atoms with Crippen molar-refractivity contribution in [3.8, 4) is 0 Å². The van der Waals surface area contributed by atoms with Gasteiger partial charge in [0.05, 0.1) is 29.6 Å². The lowest BCUT2D eigenvalue weighted by Gasteiger charge is -2.09. The summed E-state index contributed by atoms with van der Waals surface area (Å²) >= 11 is 1.24. The van der Waals surface area contributed by atoms with E-state index in [4.69, 9.17) is 5.73 Å². The van der Waals surface area contributed by atoms with Crippen LogP contribution in [0.15, 0.2) is 17.6 Å². The van der Waals surface area contributed by atoms with Crippen LogP contribution in [0.25, 0.3) is 11.0 Å². The Hall–Kier alpha value is -2.81. The van der Waals surface area contributed by atoms with Gasteiger partial charge in [0.2, 0.25) is 5.91 Å². The Bertz CT molecular complexity index is 959. The molecule has 0 bridgehead atoms. The highest BCUT2D eigenvalue weighted by atomic mass is 32.1. The van der Waals surface area contributed by atoms with Gasteiger partial charge in [-0.05, 0) is 26.8 Å². The van der Waals surface area contributed by atoms with E-state index < -0.39 is 5.91 Å². The van der Waals surface area contributed by atoms with Gasteiger partial charge in [-0.3, -0.25) is 14.9 Å². The van der Waals surface area contributed by atoms with Crippen LogP contribution in [0.2, 0.25) is 0 Å². The molecule has 130 valence electrons. The largest absolute Gasteiger partial charge is 0.369 e. The van der Waals surface area contributed by atoms with Gasteiger partial charge < -0.3 is 5.73 Å². The molecule has 0 spiro atoms. The lowest BCUT2D eigenvalue weighted by Crippen LogP contribution is -2.15. The predicted octanol–water partition coefficient (Wildman–Crippen LogP) is 2.06. The molecule has 3 aromatic heterocycles. The van der Waals surface area contributed by atoms with E-state index in [2.05, 4.69) is 20.4 Å². The summed E-state index contributed by atoms with van der Waals surface area (Å²) in [5.74, 6) is -0.764. The highest BCUT2D eigenvalue weighted by Crippen LogP contribution is 2.21. The number of aromatic nitrogens is 4. The smallest absolute Gasteiger partial charge is 0.259 e. The van der Waals surface area contributed by atoms with Crippen LogP contribution >= 0.6 is 11.3 Å². The number of primary amides is 1. The first-order chi connectivity index (χ1) is 11.8. The molecular formula is C16H18N6O2S. The molecule has 0 aliphatic rings. The summed E-state index contributed by atoms with van der Waals surface area (Å²) < 4.78 is 1.82. The third-order valence-electron chi connectivity index (χ3n) is 3.62. The molecule has 0 aliphatic carbocycles. The van der Waals surface area contributed by atoms with Crippen LogP contribution < -0.4 is 11.1 Å². The van der Waals surface area contributed by atoms with Crippen molar-refractivity contribution >= 4 is 39.3 Å². The van der Waals surface area contributed by atoms with E-state index in [9.17, 15) is 9.59 Å². The molecule has 0 unspecified atom stereocenters. The Balaban J connectivity index is 1.85. The number of nitrogens with two attached hydrogens (primary N) is 1. The third kappa shape index (κ3) is 3.50. The van der Waals surface area contributed by atoms with Gasteiger partial charge in [0.25, 0.3) is 5.91 Å². The normalized spacial score (nSPS) is 11.2. The first kappa shape index (κ1) is 17.0. The van der Waals surface area contributed by atoms with Crippen molar-refractivity contribution in [1.82, 2.24) is 19.7 Å². The van der Waals surface area contributed by atoms with Gasteiger partial charge in [-0.2, -0.15) is 5.10 Å². The first-order valence-electron chi connectivity index (χ1n) is 7.74. The molecule has 0 fully saturated rings. The number of nitrogens with zero attached hydrogens (tertiary/aromatic N) is 4. The van der Waals surface area contributed by atoms with Crippen LogP contribution in [-0.4, -0.2) is 31.6 Å². The molecule has 3 N–H and O–H groups in total. The van der Waals surface area contributed by atoms with Crippen LogP contribution in [-0.2, 0) is 11.2 Å². The zero-order valence-electron chi connectivity index (χ0n) is 14.1. The molecule has 9 heteroatoms. The average Bonchev–Trinajstić information content (AvgIpc) is 3.12. The SMILES string of the molecule is Cc1nc2c(cnn2C(C)C)cc1C(=O)Nc1nc(CC(N)=O)cs1. The fraction of sp³-hybridized carbons (Fsp3) is 0.312. The first-order valence-corrected chi connectivity index (χ1v) is 8.62. The Kier molecular flexibility index (Phi) is 4.49. The van der Waals surface area contributed by atoms with Crippen molar-refractivity contribution in [2.24, 2.45) is 5.73 Å². The molecule has 0 atom stereocenters. The Labute approximate surface area is 148 Å². The summed E-state index contributed by atoms with van der Waals surface area (Å²) in [5, 5.41) is 9.97. The molecular weight excluding hydrogens is 340 g/mol. The average molecular weight is 358 g/mol. The zero-order chi connectivity index (χ0) is 18.1. The second-order valence-corrected chi connectivity index (χ2v) is 6.82. The van der Waals surface area contributed by atoms with E-state index in [-0.39, 0.29) is 18.4 Å². The van der Waals surface area contributed by atoms with Gasteiger partial charge in [0.1, 0.15) is 0 Å². The number of aryl methyl sites for hydroxylation is 1. The lowest BCUT2D eigenvalue weighted by atomic mass is 10.1. The van der Waals surface area contributed by atoms with Crippen LogP contribution in [0.5, 0.6) is 0 Å². The van der Waals surface area contributed by atoms with E-state index in [0.29, 0.717) is 22.1 Å². The minimum Gasteiger partial charge on any atom is -0.369 e. The summed E-state index contributed by atoms with van der Waals surface area (Å²) in [4.78, 5) is 32.2. The summed E-state index contributed by atoms with van der Waals surface area (Å²) in [5.41, 5.74) is 7.51. The summed E-state index contributed by atoms with van der Waals surface area (Å²) in [7, 11) is 0. The van der Waals surface area contributed by atoms with Gasteiger partial charge in [-0.25, -0.2) is 14.6 Å². The number of carbonyl (C=O) groups is 2. The van der Waals surface area contributed by atoms with E-state index >= 15 is 0 Å². The van der Waals surface area contributed by atoms with Gasteiger partial charge >= 0.3 is 0 Å². The maximum Gasteiger partial charge on any atom is 0.259 e. The van der Waals surface area contributed by atoms with Crippen LogP contribution in [0, 0.1) is 6.92 Å². The molecule has 0 saturated carbocycles. The molecule has 2 amide bonds. The number of pyridine rings is 1. The van der Waals surface area contributed by atoms with E-state index in [1.165, 1.54) is 11.3 Å². The minimum atomic E-state index is -0.462. The van der Waals surface area contributed by atoms with Crippen molar-refractivity contribution in [1.29, 1.82) is 0 Å². The molecule has 3 aromatic rings. The molecule has 3 rings (SSSR count). The molecule has 3 heterocycles. The van der Waals surface area contributed by atoms with Gasteiger partial charge in [-0.15, -0.1) is 11.3 Å². The summed E-state index contributed by atoms with van der Waals surface area (Å²) in [6.45, 7) is 5.83. The van der Waals surface area contributed by atoms with Crippen molar-refractivity contribution in [3.63, 3.8) is 0 Å². The van der Waals surface area contributed by atoms with Crippen molar-refractivity contribution in [2.45, 2.75) is 33.2 Å². The fourth-order valence-corrected chi connectivity index (χ4v) is 3.17. The molecule has 0 aromatic carbocycles. The fourth-order valence-electron chi connectivity index (χ4n) is 2.46. The van der Waals surface area contributed by atoms with E-state index in [1.54, 1.807) is 24.6 Å². The number of rotatable bonds is 5. The zero-order valence-corrected chi connectivity index (χ0v) is 14.9. The summed E-state index contributed by atoms with van der Waals surface area (Å²) in [6.07, 6.45) is 1.75. The number of amides is 2. The predicted molar refractivity (Wildman–Crippen MR) is 95.6 cm³/mol. The van der Waals surface area contributed by atoms with E-state index in [0.717, 1.165) is 11.0 Å². The van der Waals surface area contributed by atoms with Gasteiger partial charge in [0.15, 0.2) is 10.8 Å². The Morgan fingerprint density at radius 3 is 2.80 bits per heavy atom. The number of thiazole rings is 1. The quantitative estimate of drug-likeness (QED) is 0.724. The van der Waals surface area contributed by atoms with Crippen LogP contribution in [0.4, 0.5) is 5.13 Å². The van der Waals surface area contributed by atoms with Crippen molar-refractivity contribution in [2.75, 3.05) is 5.32 Å². The highest BCUT2D eigenvalue weighted by molar-refractivity contribution is 7.14. The maximum absolute atomic E-state index is 12.5. The number of hydrogen-bond donors (Lipinski definition) is 2. The lowest BCUT2D eigenvalue weighted by molar-refractivity contribution is -0.117. The number of fused-ring (bicyclic) bond motifs is 1. The number of carbonyl (C=O) groups excluding carboxylic acids is 2. The third-order valence-corrected chi connectivity index (χ3v) is 4.43.